The average molecular weight is 807 g/mol. The van der Waals surface area contributed by atoms with E-state index in [1.807, 2.05) is 50.2 Å². The second-order valence-electron chi connectivity index (χ2n) is 15.1. The molecule has 306 valence electrons. The van der Waals surface area contributed by atoms with Gasteiger partial charge in [-0.15, -0.1) is 11.3 Å². The monoisotopic (exact) mass is 806 g/mol. The molecule has 1 aromatic heterocycles. The van der Waals surface area contributed by atoms with Crippen LogP contribution in [0.3, 0.4) is 0 Å². The number of hydrogen-bond donors (Lipinski definition) is 6. The fourth-order valence-corrected chi connectivity index (χ4v) is 8.15. The minimum Gasteiger partial charge on any atom is -0.484 e. The molecule has 5 amide bonds. The SMILES string of the molecule is Cc1ccc(NC2CCNCC2)cc1C(=O)N[C@H](C)c1cccc(-c2ccc(CNC(=O)CCCCCNC(=O)COc3ccc(C4CCC(=O)NC4=O)cc3)s2)c1. The van der Waals surface area contributed by atoms with Crippen molar-refractivity contribution in [2.75, 3.05) is 31.6 Å². The fourth-order valence-electron chi connectivity index (χ4n) is 7.20. The van der Waals surface area contributed by atoms with Crippen LogP contribution in [0.1, 0.15) is 102 Å². The van der Waals surface area contributed by atoms with Crippen LogP contribution in [0.25, 0.3) is 10.4 Å². The van der Waals surface area contributed by atoms with Gasteiger partial charge in [0.05, 0.1) is 18.5 Å². The van der Waals surface area contributed by atoms with E-state index in [-0.39, 0.29) is 48.1 Å². The number of imide groups is 1. The molecule has 6 N–H and O–H groups in total. The molecule has 1 unspecified atom stereocenters. The number of unbranched alkanes of at least 4 members (excludes halogenated alkanes) is 2. The van der Waals surface area contributed by atoms with E-state index in [0.29, 0.717) is 49.7 Å². The van der Waals surface area contributed by atoms with Crippen molar-refractivity contribution in [1.82, 2.24) is 26.6 Å². The number of hydrogen-bond acceptors (Lipinski definition) is 9. The number of amides is 5. The molecular formula is C45H54N6O6S. The highest BCUT2D eigenvalue weighted by Gasteiger charge is 2.28. The molecule has 2 atom stereocenters. The highest BCUT2D eigenvalue weighted by atomic mass is 32.1. The van der Waals surface area contributed by atoms with Gasteiger partial charge < -0.3 is 31.3 Å². The lowest BCUT2D eigenvalue weighted by molar-refractivity contribution is -0.134. The van der Waals surface area contributed by atoms with Crippen LogP contribution in [0, 0.1) is 6.92 Å². The van der Waals surface area contributed by atoms with E-state index in [1.54, 1.807) is 35.6 Å². The van der Waals surface area contributed by atoms with Crippen molar-refractivity contribution in [3.05, 3.63) is 106 Å². The van der Waals surface area contributed by atoms with Gasteiger partial charge in [-0.1, -0.05) is 42.8 Å². The number of ether oxygens (including phenoxy) is 1. The number of aryl methyl sites for hydroxylation is 1. The number of anilines is 1. The summed E-state index contributed by atoms with van der Waals surface area (Å²) in [6.07, 6.45) is 5.59. The van der Waals surface area contributed by atoms with E-state index in [4.69, 9.17) is 4.74 Å². The van der Waals surface area contributed by atoms with E-state index >= 15 is 0 Å². The summed E-state index contributed by atoms with van der Waals surface area (Å²) >= 11 is 1.64. The Hall–Kier alpha value is -5.53. The van der Waals surface area contributed by atoms with Crippen LogP contribution in [0.15, 0.2) is 78.9 Å². The van der Waals surface area contributed by atoms with Crippen LogP contribution in [0.2, 0.25) is 0 Å². The lowest BCUT2D eigenvalue weighted by Crippen LogP contribution is -2.39. The van der Waals surface area contributed by atoms with Crippen molar-refractivity contribution in [3.63, 3.8) is 0 Å². The van der Waals surface area contributed by atoms with Crippen LogP contribution in [-0.4, -0.2) is 61.8 Å². The third kappa shape index (κ3) is 12.2. The number of carbonyl (C=O) groups is 5. The molecule has 0 aliphatic carbocycles. The standard InChI is InChI=1S/C45H54N6O6S/c1-29-10-13-35(50-34-20-23-46-24-21-34)26-39(29)45(56)49-30(2)32-7-6-8-33(25-32)40-18-16-37(58-40)27-48-41(52)9-4-3-5-22-47-43(54)28-57-36-14-11-31(12-15-36)38-17-19-42(53)51-44(38)55/h6-8,10-16,18,25-26,30,34,38,46,50H,3-5,9,17,19-24,27-28H2,1-2H3,(H,47,54)(H,48,52)(H,49,56)(H,51,53,55)/t30-,38?/m1/s1. The van der Waals surface area contributed by atoms with Gasteiger partial charge in [0.15, 0.2) is 6.61 Å². The van der Waals surface area contributed by atoms with Gasteiger partial charge in [-0.05, 0) is 124 Å². The summed E-state index contributed by atoms with van der Waals surface area (Å²) < 4.78 is 5.58. The lowest BCUT2D eigenvalue weighted by Gasteiger charge is -2.25. The third-order valence-corrected chi connectivity index (χ3v) is 11.8. The van der Waals surface area contributed by atoms with Crippen LogP contribution < -0.4 is 36.6 Å². The Balaban J connectivity index is 0.858. The van der Waals surface area contributed by atoms with Gasteiger partial charge in [0, 0.05) is 46.4 Å². The number of piperidine rings is 2. The van der Waals surface area contributed by atoms with Crippen molar-refractivity contribution >= 4 is 46.6 Å². The molecular weight excluding hydrogens is 753 g/mol. The first-order valence-corrected chi connectivity index (χ1v) is 21.1. The molecule has 2 aliphatic heterocycles. The van der Waals surface area contributed by atoms with Gasteiger partial charge in [0.2, 0.25) is 17.7 Å². The third-order valence-electron chi connectivity index (χ3n) is 10.6. The first-order chi connectivity index (χ1) is 28.1. The van der Waals surface area contributed by atoms with E-state index in [9.17, 15) is 24.0 Å². The maximum atomic E-state index is 13.4. The highest BCUT2D eigenvalue weighted by molar-refractivity contribution is 7.15. The maximum Gasteiger partial charge on any atom is 0.257 e. The highest BCUT2D eigenvalue weighted by Crippen LogP contribution is 2.31. The number of nitrogens with one attached hydrogen (secondary N) is 6. The summed E-state index contributed by atoms with van der Waals surface area (Å²) in [5.74, 6) is -0.723. The number of benzene rings is 3. The first-order valence-electron chi connectivity index (χ1n) is 20.3. The molecule has 0 saturated carbocycles. The van der Waals surface area contributed by atoms with Crippen LogP contribution in [0.4, 0.5) is 5.69 Å². The Morgan fingerprint density at radius 1 is 0.879 bits per heavy atom. The molecule has 0 radical (unpaired) electrons. The van der Waals surface area contributed by atoms with E-state index in [1.165, 1.54) is 0 Å². The Kier molecular flexibility index (Phi) is 15.1. The lowest BCUT2D eigenvalue weighted by atomic mass is 9.90. The largest absolute Gasteiger partial charge is 0.484 e. The second kappa shape index (κ2) is 20.8. The summed E-state index contributed by atoms with van der Waals surface area (Å²) in [7, 11) is 0. The van der Waals surface area contributed by atoms with Crippen molar-refractivity contribution in [1.29, 1.82) is 0 Å². The van der Waals surface area contributed by atoms with E-state index in [0.717, 1.165) is 82.9 Å². The van der Waals surface area contributed by atoms with Gasteiger partial charge in [-0.25, -0.2) is 0 Å². The molecule has 13 heteroatoms. The molecule has 2 saturated heterocycles. The van der Waals surface area contributed by atoms with Crippen molar-refractivity contribution in [2.45, 2.75) is 89.8 Å². The zero-order valence-electron chi connectivity index (χ0n) is 33.3. The maximum absolute atomic E-state index is 13.4. The zero-order chi connectivity index (χ0) is 40.9. The second-order valence-corrected chi connectivity index (χ2v) is 16.3. The van der Waals surface area contributed by atoms with Crippen LogP contribution >= 0.6 is 11.3 Å². The van der Waals surface area contributed by atoms with Crippen molar-refractivity contribution in [3.8, 4) is 16.2 Å². The Bertz CT molecular complexity index is 2060. The van der Waals surface area contributed by atoms with E-state index in [2.05, 4.69) is 50.1 Å². The number of carbonyl (C=O) groups excluding carboxylic acids is 5. The molecule has 6 rings (SSSR count). The Labute approximate surface area is 344 Å². The van der Waals surface area contributed by atoms with E-state index < -0.39 is 0 Å². The molecule has 12 nitrogen and oxygen atoms in total. The summed E-state index contributed by atoms with van der Waals surface area (Å²) in [6, 6.07) is 25.5. The normalized spacial score (nSPS) is 16.2. The van der Waals surface area contributed by atoms with Crippen LogP contribution in [-0.2, 0) is 25.7 Å². The molecule has 58 heavy (non-hydrogen) atoms. The summed E-state index contributed by atoms with van der Waals surface area (Å²) in [6.45, 7) is 6.79. The van der Waals surface area contributed by atoms with Crippen LogP contribution in [0.5, 0.6) is 5.75 Å². The molecule has 4 aromatic rings. The van der Waals surface area contributed by atoms with Gasteiger partial charge in [-0.3, -0.25) is 29.3 Å². The summed E-state index contributed by atoms with van der Waals surface area (Å²) in [4.78, 5) is 63.9. The number of rotatable bonds is 18. The van der Waals surface area contributed by atoms with Gasteiger partial charge in [-0.2, -0.15) is 0 Å². The van der Waals surface area contributed by atoms with Crippen molar-refractivity contribution < 1.29 is 28.7 Å². The predicted octanol–water partition coefficient (Wildman–Crippen LogP) is 6.27. The van der Waals surface area contributed by atoms with Gasteiger partial charge in [0.1, 0.15) is 5.75 Å². The fraction of sp³-hybridized carbons (Fsp3) is 0.400. The average Bonchev–Trinajstić information content (AvgIpc) is 3.71. The molecule has 0 spiro atoms. The quantitative estimate of drug-likeness (QED) is 0.0506. The van der Waals surface area contributed by atoms with Gasteiger partial charge in [0.25, 0.3) is 11.8 Å². The zero-order valence-corrected chi connectivity index (χ0v) is 34.1. The number of thiophene rings is 1. The predicted molar refractivity (Wildman–Crippen MR) is 227 cm³/mol. The minimum atomic E-state index is -0.365. The molecule has 2 aliphatic rings. The van der Waals surface area contributed by atoms with Crippen molar-refractivity contribution in [2.24, 2.45) is 0 Å². The molecule has 0 bridgehead atoms. The Morgan fingerprint density at radius 2 is 1.69 bits per heavy atom. The topological polar surface area (TPSA) is 167 Å². The summed E-state index contributed by atoms with van der Waals surface area (Å²) in [5.41, 5.74) is 5.46. The first kappa shape index (κ1) is 42.1. The minimum absolute atomic E-state index is 0.00888. The molecule has 2 fully saturated rings. The smallest absolute Gasteiger partial charge is 0.257 e. The Morgan fingerprint density at radius 3 is 2.48 bits per heavy atom. The van der Waals surface area contributed by atoms with Gasteiger partial charge >= 0.3 is 0 Å². The summed E-state index contributed by atoms with van der Waals surface area (Å²) in [5, 5.41) is 18.4. The molecule has 3 heterocycles. The molecule has 3 aromatic carbocycles.